The molecule has 28 heavy (non-hydrogen) atoms. The van der Waals surface area contributed by atoms with Crippen molar-refractivity contribution in [1.82, 2.24) is 10.6 Å². The summed E-state index contributed by atoms with van der Waals surface area (Å²) in [5, 5.41) is 4.14. The van der Waals surface area contributed by atoms with Crippen molar-refractivity contribution < 1.29 is 23.5 Å². The molecule has 1 unspecified atom stereocenters. The second kappa shape index (κ2) is 8.62. The van der Waals surface area contributed by atoms with E-state index in [1.54, 1.807) is 18.2 Å². The molecule has 0 bridgehead atoms. The molecule has 2 N–H and O–H groups in total. The van der Waals surface area contributed by atoms with Crippen LogP contribution in [0.1, 0.15) is 21.5 Å². The van der Waals surface area contributed by atoms with Crippen molar-refractivity contribution >= 4 is 40.4 Å². The van der Waals surface area contributed by atoms with Gasteiger partial charge < -0.3 is 10.1 Å². The van der Waals surface area contributed by atoms with Crippen LogP contribution in [0, 0.1) is 5.82 Å². The third-order valence-electron chi connectivity index (χ3n) is 4.16. The highest BCUT2D eigenvalue weighted by Crippen LogP contribution is 2.24. The summed E-state index contributed by atoms with van der Waals surface area (Å²) in [6.45, 7) is -0.0518. The second-order valence-corrected chi connectivity index (χ2v) is 7.62. The summed E-state index contributed by atoms with van der Waals surface area (Å²) in [4.78, 5) is 35.3. The molecular formula is C19H16ClFN2O4S. The number of ether oxygens (including phenoxy) is 1. The Bertz CT molecular complexity index is 954. The quantitative estimate of drug-likeness (QED) is 0.746. The molecule has 0 radical (unpaired) electrons. The topological polar surface area (TPSA) is 84.5 Å². The lowest BCUT2D eigenvalue weighted by atomic mass is 10.0. The van der Waals surface area contributed by atoms with Crippen LogP contribution < -0.4 is 15.4 Å². The minimum absolute atomic E-state index is 0.0518. The smallest absolute Gasteiger partial charge is 0.286 e. The lowest BCUT2D eigenvalue weighted by molar-refractivity contribution is -0.118. The van der Waals surface area contributed by atoms with E-state index in [2.05, 4.69) is 10.6 Å². The van der Waals surface area contributed by atoms with Gasteiger partial charge in [-0.15, -0.1) is 0 Å². The highest BCUT2D eigenvalue weighted by Gasteiger charge is 2.31. The number of rotatable bonds is 6. The molecule has 2 aromatic rings. The summed E-state index contributed by atoms with van der Waals surface area (Å²) < 4.78 is 19.2. The average Bonchev–Trinajstić information content (AvgIpc) is 2.98. The van der Waals surface area contributed by atoms with Crippen LogP contribution in [0.25, 0.3) is 0 Å². The van der Waals surface area contributed by atoms with Crippen molar-refractivity contribution in [3.8, 4) is 5.75 Å². The molecule has 1 aliphatic heterocycles. The fourth-order valence-corrected chi connectivity index (χ4v) is 3.83. The Morgan fingerprint density at radius 3 is 2.71 bits per heavy atom. The normalized spacial score (nSPS) is 16.0. The van der Waals surface area contributed by atoms with Crippen LogP contribution in [0.4, 0.5) is 9.18 Å². The summed E-state index contributed by atoms with van der Waals surface area (Å²) in [5.41, 5.74) is 1.21. The Morgan fingerprint density at radius 1 is 1.29 bits per heavy atom. The maximum absolute atomic E-state index is 14.1. The summed E-state index contributed by atoms with van der Waals surface area (Å²) in [7, 11) is 1.49. The van der Waals surface area contributed by atoms with Gasteiger partial charge in [0.1, 0.15) is 11.6 Å². The number of imide groups is 1. The van der Waals surface area contributed by atoms with Gasteiger partial charge in [0.25, 0.3) is 11.1 Å². The van der Waals surface area contributed by atoms with Gasteiger partial charge >= 0.3 is 0 Å². The number of benzene rings is 2. The highest BCUT2D eigenvalue weighted by molar-refractivity contribution is 8.15. The number of carbonyl (C=O) groups excluding carboxylic acids is 3. The van der Waals surface area contributed by atoms with Gasteiger partial charge in [0.05, 0.1) is 22.9 Å². The van der Waals surface area contributed by atoms with Crippen LogP contribution in [-0.4, -0.2) is 29.4 Å². The molecule has 6 nitrogen and oxygen atoms in total. The zero-order valence-corrected chi connectivity index (χ0v) is 16.3. The van der Waals surface area contributed by atoms with Gasteiger partial charge in [0.2, 0.25) is 5.91 Å². The third kappa shape index (κ3) is 4.63. The summed E-state index contributed by atoms with van der Waals surface area (Å²) in [5.74, 6) is -0.769. The number of halogens is 2. The van der Waals surface area contributed by atoms with Crippen molar-refractivity contribution in [2.75, 3.05) is 7.11 Å². The molecular weight excluding hydrogens is 407 g/mol. The van der Waals surface area contributed by atoms with Gasteiger partial charge in [-0.25, -0.2) is 4.39 Å². The Morgan fingerprint density at radius 2 is 2.07 bits per heavy atom. The number of amides is 3. The zero-order valence-electron chi connectivity index (χ0n) is 14.8. The van der Waals surface area contributed by atoms with E-state index in [0.29, 0.717) is 11.3 Å². The molecule has 1 fully saturated rings. The highest BCUT2D eigenvalue weighted by atomic mass is 35.5. The average molecular weight is 423 g/mol. The van der Waals surface area contributed by atoms with Crippen molar-refractivity contribution in [3.63, 3.8) is 0 Å². The van der Waals surface area contributed by atoms with E-state index in [-0.39, 0.29) is 40.3 Å². The molecule has 0 aliphatic carbocycles. The van der Waals surface area contributed by atoms with Crippen molar-refractivity contribution in [2.24, 2.45) is 0 Å². The SMILES string of the molecule is COc1ccc(C(=O)NCc2cc(CC3SC(=O)NC3=O)ccc2F)c(Cl)c1. The van der Waals surface area contributed by atoms with E-state index in [1.807, 2.05) is 0 Å². The van der Waals surface area contributed by atoms with Gasteiger partial charge in [0.15, 0.2) is 0 Å². The first-order chi connectivity index (χ1) is 13.4. The lowest BCUT2D eigenvalue weighted by Crippen LogP contribution is -2.26. The largest absolute Gasteiger partial charge is 0.497 e. The second-order valence-electron chi connectivity index (χ2n) is 6.04. The Hall–Kier alpha value is -2.58. The monoisotopic (exact) mass is 422 g/mol. The van der Waals surface area contributed by atoms with Crippen molar-refractivity contribution in [2.45, 2.75) is 18.2 Å². The third-order valence-corrected chi connectivity index (χ3v) is 5.45. The van der Waals surface area contributed by atoms with Crippen LogP contribution in [0.2, 0.25) is 5.02 Å². The van der Waals surface area contributed by atoms with Crippen LogP contribution in [0.3, 0.4) is 0 Å². The number of methoxy groups -OCH3 is 1. The molecule has 1 heterocycles. The van der Waals surface area contributed by atoms with Gasteiger partial charge in [0, 0.05) is 12.1 Å². The van der Waals surface area contributed by atoms with E-state index in [0.717, 1.165) is 11.8 Å². The maximum Gasteiger partial charge on any atom is 0.286 e. The molecule has 0 saturated carbocycles. The summed E-state index contributed by atoms with van der Waals surface area (Å²) >= 11 is 6.99. The van der Waals surface area contributed by atoms with Gasteiger partial charge in [-0.05, 0) is 36.2 Å². The molecule has 2 aromatic carbocycles. The predicted molar refractivity (Wildman–Crippen MR) is 104 cm³/mol. The Labute approximate surface area is 169 Å². The first-order valence-corrected chi connectivity index (χ1v) is 9.53. The van der Waals surface area contributed by atoms with E-state index in [9.17, 15) is 18.8 Å². The van der Waals surface area contributed by atoms with E-state index in [4.69, 9.17) is 16.3 Å². The van der Waals surface area contributed by atoms with Crippen molar-refractivity contribution in [3.05, 3.63) is 63.9 Å². The molecule has 0 spiro atoms. The molecule has 1 atom stereocenters. The van der Waals surface area contributed by atoms with Crippen LogP contribution in [-0.2, 0) is 17.8 Å². The predicted octanol–water partition coefficient (Wildman–Crippen LogP) is 3.31. The van der Waals surface area contributed by atoms with Gasteiger partial charge in [-0.1, -0.05) is 35.5 Å². The summed E-state index contributed by atoms with van der Waals surface area (Å²) in [6.07, 6.45) is 0.285. The standard InChI is InChI=1S/C19H16ClFN2O4S/c1-27-12-3-4-13(14(20)8-12)17(24)22-9-11-6-10(2-5-15(11)21)7-16-18(25)23-19(26)28-16/h2-6,8,16H,7,9H2,1H3,(H,22,24)(H,23,25,26). The molecule has 3 rings (SSSR count). The molecule has 146 valence electrons. The fraction of sp³-hybridized carbons (Fsp3) is 0.211. The Balaban J connectivity index is 1.68. The van der Waals surface area contributed by atoms with Crippen molar-refractivity contribution in [1.29, 1.82) is 0 Å². The molecule has 0 aromatic heterocycles. The zero-order chi connectivity index (χ0) is 20.3. The van der Waals surface area contributed by atoms with E-state index >= 15 is 0 Å². The Kier molecular flexibility index (Phi) is 6.21. The molecule has 1 saturated heterocycles. The summed E-state index contributed by atoms with van der Waals surface area (Å²) in [6, 6.07) is 9.04. The molecule has 3 amide bonds. The van der Waals surface area contributed by atoms with Crippen LogP contribution in [0.5, 0.6) is 5.75 Å². The molecule has 9 heteroatoms. The van der Waals surface area contributed by atoms with E-state index < -0.39 is 17.0 Å². The number of thioether (sulfide) groups is 1. The first kappa shape index (κ1) is 20.2. The lowest BCUT2D eigenvalue weighted by Gasteiger charge is -2.11. The number of hydrogen-bond acceptors (Lipinski definition) is 5. The van der Waals surface area contributed by atoms with Gasteiger partial charge in [-0.2, -0.15) is 0 Å². The minimum Gasteiger partial charge on any atom is -0.497 e. The van der Waals surface area contributed by atoms with Gasteiger partial charge in [-0.3, -0.25) is 19.7 Å². The van der Waals surface area contributed by atoms with Crippen LogP contribution >= 0.6 is 23.4 Å². The van der Waals surface area contributed by atoms with Crippen LogP contribution in [0.15, 0.2) is 36.4 Å². The number of nitrogens with one attached hydrogen (secondary N) is 2. The molecule has 1 aliphatic rings. The maximum atomic E-state index is 14.1. The number of carbonyl (C=O) groups is 3. The minimum atomic E-state index is -0.543. The number of hydrogen-bond donors (Lipinski definition) is 2. The first-order valence-electron chi connectivity index (χ1n) is 8.28. The van der Waals surface area contributed by atoms with E-state index in [1.165, 1.54) is 25.3 Å². The fourth-order valence-electron chi connectivity index (χ4n) is 2.71.